The van der Waals surface area contributed by atoms with Gasteiger partial charge in [-0.05, 0) is 6.07 Å². The third-order valence-electron chi connectivity index (χ3n) is 6.17. The van der Waals surface area contributed by atoms with Crippen LogP contribution in [0.2, 0.25) is 0 Å². The average Bonchev–Trinajstić information content (AvgIpc) is 3.55. The summed E-state index contributed by atoms with van der Waals surface area (Å²) in [7, 11) is -3.97. The number of nitrogens with zero attached hydrogens (tertiary/aromatic N) is 6. The third kappa shape index (κ3) is 5.20. The van der Waals surface area contributed by atoms with Gasteiger partial charge in [-0.3, -0.25) is 9.98 Å². The number of rotatable bonds is 8. The Bertz CT molecular complexity index is 1360. The summed E-state index contributed by atoms with van der Waals surface area (Å²) < 4.78 is 24.9. The van der Waals surface area contributed by atoms with Gasteiger partial charge in [0.1, 0.15) is 60.7 Å². The first kappa shape index (κ1) is 27.1. The van der Waals surface area contributed by atoms with Gasteiger partial charge in [-0.1, -0.05) is 0 Å². The highest BCUT2D eigenvalue weighted by Crippen LogP contribution is 2.58. The van der Waals surface area contributed by atoms with Crippen molar-refractivity contribution in [3.8, 4) is 6.01 Å². The van der Waals surface area contributed by atoms with Gasteiger partial charge in [-0.15, -0.1) is 0 Å². The Morgan fingerprint density at radius 2 is 2.00 bits per heavy atom. The molecule has 0 aromatic carbocycles. The molecule has 19 heteroatoms. The topological polar surface area (TPSA) is 252 Å². The summed E-state index contributed by atoms with van der Waals surface area (Å²) in [4.78, 5) is 26.3. The van der Waals surface area contributed by atoms with Crippen LogP contribution in [-0.2, 0) is 30.8 Å². The number of nitrogens with one attached hydrogen (secondary N) is 1. The second-order valence-corrected chi connectivity index (χ2v) is 11.4. The molecule has 17 nitrogen and oxygen atoms in total. The Morgan fingerprint density at radius 1 is 1.21 bits per heavy atom. The molecule has 38 heavy (non-hydrogen) atoms. The largest absolute Gasteiger partial charge is 0.846 e. The Morgan fingerprint density at radius 3 is 2.74 bits per heavy atom. The number of aromatic nitrogens is 6. The first-order chi connectivity index (χ1) is 18.1. The van der Waals surface area contributed by atoms with Crippen LogP contribution in [0.3, 0.4) is 0 Å². The van der Waals surface area contributed by atoms with Crippen LogP contribution in [0, 0.1) is 5.41 Å². The molecule has 5 rings (SSSR count). The fourth-order valence-electron chi connectivity index (χ4n) is 4.30. The van der Waals surface area contributed by atoms with E-state index in [4.69, 9.17) is 41.9 Å². The van der Waals surface area contributed by atoms with E-state index in [1.807, 2.05) is 0 Å². The normalized spacial score (nSPS) is 31.1. The number of anilines is 1. The lowest BCUT2D eigenvalue weighted by molar-refractivity contribution is -0.290. The number of nitrogen functional groups attached to an aromatic ring is 1. The van der Waals surface area contributed by atoms with Crippen molar-refractivity contribution in [3.05, 3.63) is 30.4 Å². The van der Waals surface area contributed by atoms with E-state index in [0.717, 1.165) is 4.57 Å². The van der Waals surface area contributed by atoms with E-state index in [2.05, 4.69) is 19.9 Å². The lowest BCUT2D eigenvalue weighted by Crippen LogP contribution is -2.34. The molecule has 2 fully saturated rings. The fourth-order valence-corrected chi connectivity index (χ4v) is 5.77. The van der Waals surface area contributed by atoms with Crippen LogP contribution in [0.5, 0.6) is 6.01 Å². The summed E-state index contributed by atoms with van der Waals surface area (Å²) in [5, 5.41) is 50.3. The zero-order valence-corrected chi connectivity index (χ0v) is 21.1. The van der Waals surface area contributed by atoms with Gasteiger partial charge in [0.15, 0.2) is 17.7 Å². The standard InChI is InChI=1S/C19H25N8O9PS/c20-11-1-2-26(19(31)25-11)12-3-8(9(4-28)34-12)36-37(32,38)33-5-10-14(29)15(30)18(35-10)27-7-24-13-16(21)22-6-23-17(13)27/h1-2,6-10,12,14-15,18,28-30H,3-5H2,(H,32,38)(H2,20,25,31)(H2,21,22,23)/p-1/t8-,9+,10+,12+,14+,15+,18+,37?/m0/s1. The number of aliphatic hydroxyl groups is 3. The summed E-state index contributed by atoms with van der Waals surface area (Å²) in [5.74, 6) is 0.133. The molecule has 1 unspecified atom stereocenters. The quantitative estimate of drug-likeness (QED) is 0.119. The Labute approximate surface area is 219 Å². The molecule has 0 amide bonds. The fraction of sp³-hybridized carbons (Fsp3) is 0.526. The van der Waals surface area contributed by atoms with Crippen LogP contribution >= 0.6 is 7.15 Å². The van der Waals surface area contributed by atoms with E-state index < -0.39 is 69.3 Å². The van der Waals surface area contributed by atoms with Crippen molar-refractivity contribution in [3.63, 3.8) is 0 Å². The van der Waals surface area contributed by atoms with Crippen LogP contribution in [0.1, 0.15) is 18.9 Å². The number of hydrogen-bond donors (Lipinski definition) is 6. The van der Waals surface area contributed by atoms with Crippen LogP contribution in [0.4, 0.5) is 5.82 Å². The van der Waals surface area contributed by atoms with Crippen molar-refractivity contribution in [2.75, 3.05) is 18.9 Å². The van der Waals surface area contributed by atoms with Crippen LogP contribution < -0.4 is 16.3 Å². The lowest BCUT2D eigenvalue weighted by Gasteiger charge is -2.27. The van der Waals surface area contributed by atoms with E-state index in [1.165, 1.54) is 29.5 Å². The first-order valence-electron chi connectivity index (χ1n) is 11.3. The zero-order chi connectivity index (χ0) is 27.2. The average molecular weight is 571 g/mol. The smallest absolute Gasteiger partial charge is 0.287 e. The minimum atomic E-state index is -3.97. The maximum atomic E-state index is 12.1. The second kappa shape index (κ2) is 10.6. The van der Waals surface area contributed by atoms with Crippen molar-refractivity contribution < 1.29 is 43.8 Å². The monoisotopic (exact) mass is 571 g/mol. The number of aliphatic hydroxyl groups excluding tert-OH is 3. The molecule has 7 N–H and O–H groups in total. The molecule has 3 aromatic heterocycles. The molecule has 0 saturated carbocycles. The zero-order valence-electron chi connectivity index (χ0n) is 19.4. The number of fused-ring (bicyclic) bond motifs is 1. The number of hydrogen-bond acceptors (Lipinski definition) is 16. The highest BCUT2D eigenvalue weighted by Gasteiger charge is 2.47. The molecule has 0 spiro atoms. The minimum Gasteiger partial charge on any atom is -0.846 e. The van der Waals surface area contributed by atoms with Gasteiger partial charge in [0.05, 0.1) is 18.9 Å². The van der Waals surface area contributed by atoms with E-state index in [0.29, 0.717) is 5.52 Å². The van der Waals surface area contributed by atoms with Gasteiger partial charge in [-0.25, -0.2) is 24.8 Å². The molecule has 0 bridgehead atoms. The van der Waals surface area contributed by atoms with Gasteiger partial charge in [0.25, 0.3) is 7.15 Å². The van der Waals surface area contributed by atoms with Crippen molar-refractivity contribution in [1.82, 2.24) is 29.1 Å². The Kier molecular flexibility index (Phi) is 7.53. The highest BCUT2D eigenvalue weighted by molar-refractivity contribution is 8.35. The van der Waals surface area contributed by atoms with Crippen molar-refractivity contribution in [2.45, 2.75) is 49.4 Å². The van der Waals surface area contributed by atoms with Crippen molar-refractivity contribution in [1.29, 1.82) is 5.41 Å². The van der Waals surface area contributed by atoms with Crippen LogP contribution in [0.15, 0.2) is 24.9 Å². The SMILES string of the molecule is N=c1ccn([C@H]2C[C@H](O[P+](O)([S-])OC[C@H]3O[C@@H](n4cnc5c(N)ncnc54)[C@H](O)[C@@H]3O)[C@@H](CO)O2)c([O-])n1. The van der Waals surface area contributed by atoms with E-state index >= 15 is 0 Å². The Balaban J connectivity index is 1.23. The highest BCUT2D eigenvalue weighted by atomic mass is 32.7. The van der Waals surface area contributed by atoms with E-state index in [-0.39, 0.29) is 23.4 Å². The molecule has 3 aromatic rings. The predicted molar refractivity (Wildman–Crippen MR) is 126 cm³/mol. The van der Waals surface area contributed by atoms with Gasteiger partial charge >= 0.3 is 0 Å². The lowest BCUT2D eigenvalue weighted by atomic mass is 10.1. The molecular weight excluding hydrogens is 547 g/mol. The van der Waals surface area contributed by atoms with Gasteiger partial charge < -0.3 is 52.4 Å². The number of ether oxygens (including phenoxy) is 2. The first-order valence-corrected chi connectivity index (χ1v) is 13.8. The molecule has 206 valence electrons. The molecular formula is C19H24N8O9PS-. The molecule has 2 aliphatic heterocycles. The molecule has 0 aliphatic carbocycles. The van der Waals surface area contributed by atoms with Gasteiger partial charge in [-0.2, -0.15) is 9.05 Å². The second-order valence-electron chi connectivity index (χ2n) is 8.59. The third-order valence-corrected chi connectivity index (χ3v) is 7.76. The summed E-state index contributed by atoms with van der Waals surface area (Å²) in [6.07, 6.45) is -3.89. The maximum Gasteiger partial charge on any atom is 0.287 e. The number of nitrogens with two attached hydrogens (primary N) is 1. The summed E-state index contributed by atoms with van der Waals surface area (Å²) in [6, 6.07) is 0.579. The van der Waals surface area contributed by atoms with Gasteiger partial charge in [0.2, 0.25) is 0 Å². The molecule has 2 aliphatic rings. The molecule has 8 atom stereocenters. The molecule has 5 heterocycles. The van der Waals surface area contributed by atoms with Gasteiger partial charge in [0, 0.05) is 12.6 Å². The van der Waals surface area contributed by atoms with Crippen molar-refractivity contribution >= 4 is 36.4 Å². The number of imidazole rings is 1. The van der Waals surface area contributed by atoms with Crippen molar-refractivity contribution in [2.24, 2.45) is 0 Å². The van der Waals surface area contributed by atoms with E-state index in [9.17, 15) is 25.3 Å². The Hall–Kier alpha value is -2.51. The summed E-state index contributed by atoms with van der Waals surface area (Å²) >= 11 is 5.10. The summed E-state index contributed by atoms with van der Waals surface area (Å²) in [6.45, 7) is -0.943. The van der Waals surface area contributed by atoms with Crippen LogP contribution in [0.25, 0.3) is 11.2 Å². The van der Waals surface area contributed by atoms with Crippen LogP contribution in [-0.4, -0.2) is 93.0 Å². The maximum absolute atomic E-state index is 12.1. The molecule has 0 radical (unpaired) electrons. The predicted octanol–water partition coefficient (Wildman–Crippen LogP) is -2.62. The summed E-state index contributed by atoms with van der Waals surface area (Å²) in [5.41, 5.74) is 6.16. The minimum absolute atomic E-state index is 0.0223. The molecule has 2 saturated heterocycles. The van der Waals surface area contributed by atoms with E-state index in [1.54, 1.807) is 0 Å².